The molecule has 0 unspecified atom stereocenters. The van der Waals surface area contributed by atoms with E-state index in [-0.39, 0.29) is 19.1 Å². The van der Waals surface area contributed by atoms with Crippen molar-refractivity contribution in [3.63, 3.8) is 0 Å². The summed E-state index contributed by atoms with van der Waals surface area (Å²) >= 11 is 0. The van der Waals surface area contributed by atoms with Crippen molar-refractivity contribution in [2.45, 2.75) is 70.7 Å². The van der Waals surface area contributed by atoms with Crippen molar-refractivity contribution in [2.75, 3.05) is 40.0 Å². The topological polar surface area (TPSA) is 97.3 Å². The summed E-state index contributed by atoms with van der Waals surface area (Å²) in [5.41, 5.74) is 1.28. The highest BCUT2D eigenvalue weighted by atomic mass is 19.1. The average molecular weight is 559 g/mol. The number of aliphatic hydroxyl groups excluding tert-OH is 1. The van der Waals surface area contributed by atoms with Crippen molar-refractivity contribution < 1.29 is 33.3 Å². The maximum Gasteiger partial charge on any atom is 0.220 e. The molecule has 1 saturated heterocycles. The Kier molecular flexibility index (Phi) is 12.2. The molecule has 0 aromatic heterocycles. The fourth-order valence-electron chi connectivity index (χ4n) is 5.01. The summed E-state index contributed by atoms with van der Waals surface area (Å²) in [5.74, 6) is 1.83. The molecule has 8 nitrogen and oxygen atoms in total. The molecule has 0 spiro atoms. The molecule has 1 fully saturated rings. The minimum atomic E-state index is -0.963. The Morgan fingerprint density at radius 1 is 1.02 bits per heavy atom. The summed E-state index contributed by atoms with van der Waals surface area (Å²) in [6.45, 7) is 2.52. The Balaban J connectivity index is 0.00000441. The second-order valence-corrected chi connectivity index (χ2v) is 10.2. The van der Waals surface area contributed by atoms with E-state index in [0.717, 1.165) is 6.42 Å². The van der Waals surface area contributed by atoms with Gasteiger partial charge in [-0.1, -0.05) is 19.9 Å². The highest BCUT2D eigenvalue weighted by molar-refractivity contribution is 5.96. The number of benzene rings is 2. The maximum atomic E-state index is 13.7. The van der Waals surface area contributed by atoms with Crippen molar-refractivity contribution >= 4 is 11.7 Å². The van der Waals surface area contributed by atoms with Crippen molar-refractivity contribution in [3.05, 3.63) is 53.6 Å². The second kappa shape index (κ2) is 15.6. The van der Waals surface area contributed by atoms with Crippen molar-refractivity contribution in [2.24, 2.45) is 0 Å². The van der Waals surface area contributed by atoms with E-state index in [1.54, 1.807) is 49.6 Å². The SMILES string of the molecule is C.COc1ccc(C(=O)CCCCCC(=O)N[C@H](CN2CCC(F)CC2)[C@H](O)c2ccc3c(c2)OCCO3)cc1. The van der Waals surface area contributed by atoms with Crippen LogP contribution >= 0.6 is 0 Å². The lowest BCUT2D eigenvalue weighted by Crippen LogP contribution is -2.49. The van der Waals surface area contributed by atoms with Gasteiger partial charge in [0.05, 0.1) is 13.2 Å². The first-order chi connectivity index (χ1) is 18.9. The van der Waals surface area contributed by atoms with E-state index in [4.69, 9.17) is 14.2 Å². The predicted octanol–water partition coefficient (Wildman–Crippen LogP) is 4.89. The monoisotopic (exact) mass is 558 g/mol. The maximum absolute atomic E-state index is 13.7. The largest absolute Gasteiger partial charge is 0.497 e. The number of carbonyl (C=O) groups excluding carboxylic acids is 2. The predicted molar refractivity (Wildman–Crippen MR) is 152 cm³/mol. The summed E-state index contributed by atoms with van der Waals surface area (Å²) < 4.78 is 30.0. The number of Topliss-reactive ketones (excluding diaryl/α,β-unsaturated/α-hetero) is 1. The molecule has 0 bridgehead atoms. The van der Waals surface area contributed by atoms with E-state index in [2.05, 4.69) is 10.2 Å². The van der Waals surface area contributed by atoms with Gasteiger partial charge in [-0.25, -0.2) is 4.39 Å². The van der Waals surface area contributed by atoms with Crippen LogP contribution in [-0.4, -0.2) is 73.9 Å². The minimum absolute atomic E-state index is 0. The number of hydrogen-bond acceptors (Lipinski definition) is 7. The first-order valence-electron chi connectivity index (χ1n) is 13.8. The molecule has 2 atom stereocenters. The fraction of sp³-hybridized carbons (Fsp3) is 0.548. The van der Waals surface area contributed by atoms with Gasteiger partial charge in [0.2, 0.25) is 5.91 Å². The molecular formula is C31H43FN2O6. The molecule has 220 valence electrons. The number of aliphatic hydroxyl groups is 1. The zero-order valence-corrected chi connectivity index (χ0v) is 22.6. The molecular weight excluding hydrogens is 515 g/mol. The number of methoxy groups -OCH3 is 1. The van der Waals surface area contributed by atoms with Gasteiger partial charge in [0.15, 0.2) is 17.3 Å². The third-order valence-electron chi connectivity index (χ3n) is 7.33. The molecule has 9 heteroatoms. The minimum Gasteiger partial charge on any atom is -0.497 e. The molecule has 4 rings (SSSR count). The number of hydrogen-bond donors (Lipinski definition) is 2. The van der Waals surface area contributed by atoms with Crippen LogP contribution in [0.5, 0.6) is 17.2 Å². The number of carbonyl (C=O) groups is 2. The van der Waals surface area contributed by atoms with Crippen LogP contribution in [0, 0.1) is 0 Å². The number of unbranched alkanes of at least 4 members (excludes halogenated alkanes) is 2. The van der Waals surface area contributed by atoms with Gasteiger partial charge in [0.25, 0.3) is 0 Å². The third-order valence-corrected chi connectivity index (χ3v) is 7.33. The van der Waals surface area contributed by atoms with Crippen molar-refractivity contribution in [3.8, 4) is 17.2 Å². The molecule has 0 saturated carbocycles. The third kappa shape index (κ3) is 8.93. The highest BCUT2D eigenvalue weighted by Gasteiger charge is 2.28. The molecule has 2 aromatic rings. The van der Waals surface area contributed by atoms with E-state index in [9.17, 15) is 19.1 Å². The van der Waals surface area contributed by atoms with Gasteiger partial charge in [-0.15, -0.1) is 0 Å². The zero-order chi connectivity index (χ0) is 27.6. The standard InChI is InChI=1S/C30H39FN2O6.CH4/c1-37-24-10-7-21(8-11-24)26(34)5-3-2-4-6-29(35)32-25(20-33-15-13-23(31)14-16-33)30(36)22-9-12-27-28(19-22)39-18-17-38-27;/h7-12,19,23,25,30,36H,2-6,13-18,20H2,1H3,(H,32,35);1H4/t25-,30-;/m1./s1. The molecule has 2 aliphatic heterocycles. The lowest BCUT2D eigenvalue weighted by atomic mass is 9.99. The van der Waals surface area contributed by atoms with Gasteiger partial charge >= 0.3 is 0 Å². The van der Waals surface area contributed by atoms with Gasteiger partial charge < -0.3 is 29.5 Å². The van der Waals surface area contributed by atoms with Crippen LogP contribution in [0.15, 0.2) is 42.5 Å². The summed E-state index contributed by atoms with van der Waals surface area (Å²) in [7, 11) is 1.59. The van der Waals surface area contributed by atoms with Crippen molar-refractivity contribution in [1.29, 1.82) is 0 Å². The molecule has 2 heterocycles. The summed E-state index contributed by atoms with van der Waals surface area (Å²) in [6, 6.07) is 11.8. The van der Waals surface area contributed by atoms with Gasteiger partial charge in [0, 0.05) is 38.0 Å². The number of alkyl halides is 1. The first kappa shape index (κ1) is 31.4. The van der Waals surface area contributed by atoms with Gasteiger partial charge in [-0.2, -0.15) is 0 Å². The highest BCUT2D eigenvalue weighted by Crippen LogP contribution is 2.33. The number of ketones is 1. The second-order valence-electron chi connectivity index (χ2n) is 10.2. The molecule has 0 aliphatic carbocycles. The van der Waals surface area contributed by atoms with Crippen LogP contribution in [-0.2, 0) is 4.79 Å². The lowest BCUT2D eigenvalue weighted by molar-refractivity contribution is -0.123. The smallest absolute Gasteiger partial charge is 0.220 e. The summed E-state index contributed by atoms with van der Waals surface area (Å²) in [4.78, 5) is 27.4. The van der Waals surface area contributed by atoms with E-state index in [1.165, 1.54) is 0 Å². The van der Waals surface area contributed by atoms with Gasteiger partial charge in [0.1, 0.15) is 31.2 Å². The number of ether oxygens (including phenoxy) is 3. The molecule has 40 heavy (non-hydrogen) atoms. The van der Waals surface area contributed by atoms with Gasteiger partial charge in [-0.3, -0.25) is 9.59 Å². The van der Waals surface area contributed by atoms with Crippen LogP contribution in [0.3, 0.4) is 0 Å². The normalized spacial score (nSPS) is 16.9. The number of halogens is 1. The Bertz CT molecular complexity index is 1090. The van der Waals surface area contributed by atoms with Crippen LogP contribution in [0.1, 0.15) is 74.4 Å². The summed E-state index contributed by atoms with van der Waals surface area (Å²) in [6.07, 6.45) is 1.95. The molecule has 2 aliphatic rings. The average Bonchev–Trinajstić information content (AvgIpc) is 2.97. The van der Waals surface area contributed by atoms with E-state index in [1.807, 2.05) is 0 Å². The molecule has 1 amide bonds. The quantitative estimate of drug-likeness (QED) is 0.267. The van der Waals surface area contributed by atoms with Crippen molar-refractivity contribution in [1.82, 2.24) is 10.2 Å². The molecule has 2 aromatic carbocycles. The Labute approximate surface area is 236 Å². The number of likely N-dealkylation sites (tertiary alicyclic amines) is 1. The number of nitrogens with zero attached hydrogens (tertiary/aromatic N) is 1. The van der Waals surface area contributed by atoms with E-state index >= 15 is 0 Å². The van der Waals surface area contributed by atoms with Crippen LogP contribution in [0.2, 0.25) is 0 Å². The van der Waals surface area contributed by atoms with E-state index in [0.29, 0.717) is 99.7 Å². The number of piperidine rings is 1. The van der Waals surface area contributed by atoms with Gasteiger partial charge in [-0.05, 0) is 67.6 Å². The number of rotatable bonds is 13. The molecule has 0 radical (unpaired) electrons. The van der Waals surface area contributed by atoms with E-state index < -0.39 is 18.3 Å². The zero-order valence-electron chi connectivity index (χ0n) is 22.6. The lowest BCUT2D eigenvalue weighted by Gasteiger charge is -2.34. The Hall–Kier alpha value is -3.17. The Morgan fingerprint density at radius 2 is 1.70 bits per heavy atom. The number of nitrogens with one attached hydrogen (secondary N) is 1. The van der Waals surface area contributed by atoms with Crippen LogP contribution in [0.25, 0.3) is 0 Å². The first-order valence-corrected chi connectivity index (χ1v) is 13.8. The van der Waals surface area contributed by atoms with Crippen LogP contribution in [0.4, 0.5) is 4.39 Å². The molecule has 2 N–H and O–H groups in total. The fourth-order valence-corrected chi connectivity index (χ4v) is 5.01. The number of amides is 1. The Morgan fingerprint density at radius 3 is 2.40 bits per heavy atom. The summed E-state index contributed by atoms with van der Waals surface area (Å²) in [5, 5.41) is 14.3. The van der Waals surface area contributed by atoms with Crippen LogP contribution < -0.4 is 19.5 Å². The number of fused-ring (bicyclic) bond motifs is 1.